The highest BCUT2D eigenvalue weighted by atomic mass is 15.0. The van der Waals surface area contributed by atoms with Crippen LogP contribution < -0.4 is 5.73 Å². The molecule has 0 saturated carbocycles. The molecule has 0 spiro atoms. The number of nitrogens with two attached hydrogens (primary N) is 1. The van der Waals surface area contributed by atoms with Gasteiger partial charge < -0.3 is 10.7 Å². The van der Waals surface area contributed by atoms with Gasteiger partial charge in [0.1, 0.15) is 11.2 Å². The van der Waals surface area contributed by atoms with Crippen molar-refractivity contribution in [3.8, 4) is 11.5 Å². The van der Waals surface area contributed by atoms with E-state index in [1.807, 2.05) is 25.1 Å². The molecule has 84 valence electrons. The third-order valence-corrected chi connectivity index (χ3v) is 2.57. The summed E-state index contributed by atoms with van der Waals surface area (Å²) >= 11 is 0. The Balaban J connectivity index is 2.18. The van der Waals surface area contributed by atoms with Crippen molar-refractivity contribution in [2.75, 3.05) is 5.73 Å². The molecule has 0 aliphatic carbocycles. The molecule has 2 heterocycles. The van der Waals surface area contributed by atoms with E-state index in [0.717, 1.165) is 16.7 Å². The van der Waals surface area contributed by atoms with Gasteiger partial charge in [-0.05, 0) is 19.1 Å². The van der Waals surface area contributed by atoms with Gasteiger partial charge >= 0.3 is 0 Å². The molecule has 0 aliphatic heterocycles. The number of nitrogen functional groups attached to an aromatic ring is 1. The van der Waals surface area contributed by atoms with Gasteiger partial charge in [0.25, 0.3) is 0 Å². The average Bonchev–Trinajstić information content (AvgIpc) is 2.75. The Bertz CT molecular complexity index is 669. The molecule has 3 rings (SSSR count). The topological polar surface area (TPSA) is 80.5 Å². The second-order valence-electron chi connectivity index (χ2n) is 3.87. The number of hydrogen-bond acceptors (Lipinski definition) is 4. The molecule has 0 atom stereocenters. The van der Waals surface area contributed by atoms with Crippen LogP contribution in [0.1, 0.15) is 5.69 Å². The van der Waals surface area contributed by atoms with E-state index in [0.29, 0.717) is 17.2 Å². The standard InChI is InChI=1S/C12H11N5/c1-7-5-15-10(6-14-7)12-16-9-4-2-3-8(13)11(9)17-12/h2-6H,13H2,1H3,(H,16,17). The molecule has 3 N–H and O–H groups in total. The molecule has 17 heavy (non-hydrogen) atoms. The van der Waals surface area contributed by atoms with Crippen LogP contribution in [0, 0.1) is 6.92 Å². The largest absolute Gasteiger partial charge is 0.397 e. The third kappa shape index (κ3) is 1.61. The van der Waals surface area contributed by atoms with Gasteiger partial charge in [-0.1, -0.05) is 6.07 Å². The minimum absolute atomic E-state index is 0.657. The molecule has 0 aliphatic rings. The second kappa shape index (κ2) is 3.55. The van der Waals surface area contributed by atoms with Crippen LogP contribution in [0.5, 0.6) is 0 Å². The van der Waals surface area contributed by atoms with Crippen molar-refractivity contribution in [2.45, 2.75) is 6.92 Å². The van der Waals surface area contributed by atoms with E-state index in [1.54, 1.807) is 12.4 Å². The number of para-hydroxylation sites is 1. The van der Waals surface area contributed by atoms with Crippen LogP contribution in [-0.4, -0.2) is 19.9 Å². The lowest BCUT2D eigenvalue weighted by molar-refractivity contribution is 1.10. The fourth-order valence-electron chi connectivity index (χ4n) is 1.69. The summed E-state index contributed by atoms with van der Waals surface area (Å²) in [5, 5.41) is 0. The van der Waals surface area contributed by atoms with Gasteiger partial charge in [-0.15, -0.1) is 0 Å². The van der Waals surface area contributed by atoms with E-state index in [2.05, 4.69) is 19.9 Å². The summed E-state index contributed by atoms with van der Waals surface area (Å²) in [4.78, 5) is 16.1. The molecule has 5 nitrogen and oxygen atoms in total. The fourth-order valence-corrected chi connectivity index (χ4v) is 1.69. The first kappa shape index (κ1) is 9.77. The van der Waals surface area contributed by atoms with Crippen molar-refractivity contribution in [1.29, 1.82) is 0 Å². The van der Waals surface area contributed by atoms with E-state index < -0.39 is 0 Å². The van der Waals surface area contributed by atoms with E-state index >= 15 is 0 Å². The Morgan fingerprint density at radius 1 is 1.18 bits per heavy atom. The van der Waals surface area contributed by atoms with Crippen molar-refractivity contribution in [3.63, 3.8) is 0 Å². The summed E-state index contributed by atoms with van der Waals surface area (Å²) in [6.07, 6.45) is 3.41. The summed E-state index contributed by atoms with van der Waals surface area (Å²) in [7, 11) is 0. The van der Waals surface area contributed by atoms with Crippen molar-refractivity contribution in [2.24, 2.45) is 0 Å². The quantitative estimate of drug-likeness (QED) is 0.620. The summed E-state index contributed by atoms with van der Waals surface area (Å²) in [6, 6.07) is 5.65. The van der Waals surface area contributed by atoms with E-state index in [9.17, 15) is 0 Å². The lowest BCUT2D eigenvalue weighted by atomic mass is 10.3. The van der Waals surface area contributed by atoms with Crippen molar-refractivity contribution in [3.05, 3.63) is 36.3 Å². The zero-order valence-corrected chi connectivity index (χ0v) is 9.31. The van der Waals surface area contributed by atoms with E-state index in [1.165, 1.54) is 0 Å². The zero-order chi connectivity index (χ0) is 11.8. The number of nitrogens with zero attached hydrogens (tertiary/aromatic N) is 3. The first-order valence-corrected chi connectivity index (χ1v) is 5.27. The second-order valence-corrected chi connectivity index (χ2v) is 3.87. The predicted molar refractivity (Wildman–Crippen MR) is 66.3 cm³/mol. The summed E-state index contributed by atoms with van der Waals surface area (Å²) in [5.74, 6) is 0.686. The Morgan fingerprint density at radius 2 is 2.06 bits per heavy atom. The number of imidazole rings is 1. The van der Waals surface area contributed by atoms with Gasteiger partial charge in [-0.25, -0.2) is 9.97 Å². The average molecular weight is 225 g/mol. The SMILES string of the molecule is Cc1cnc(-c2nc3c(N)cccc3[nH]2)cn1. The number of anilines is 1. The Hall–Kier alpha value is -2.43. The number of aryl methyl sites for hydroxylation is 1. The Kier molecular flexibility index (Phi) is 2.04. The third-order valence-electron chi connectivity index (χ3n) is 2.57. The van der Waals surface area contributed by atoms with Crippen molar-refractivity contribution in [1.82, 2.24) is 19.9 Å². The molecule has 0 bridgehead atoms. The number of aromatic nitrogens is 4. The molecule has 5 heteroatoms. The predicted octanol–water partition coefficient (Wildman–Crippen LogP) is 1.91. The zero-order valence-electron chi connectivity index (χ0n) is 9.31. The fraction of sp³-hybridized carbons (Fsp3) is 0.0833. The molecule has 0 saturated heterocycles. The van der Waals surface area contributed by atoms with Crippen LogP contribution in [0.15, 0.2) is 30.6 Å². The van der Waals surface area contributed by atoms with Gasteiger partial charge in [0.15, 0.2) is 5.82 Å². The summed E-state index contributed by atoms with van der Waals surface area (Å²) < 4.78 is 0. The maximum absolute atomic E-state index is 5.85. The number of aromatic amines is 1. The Morgan fingerprint density at radius 3 is 2.76 bits per heavy atom. The Labute approximate surface area is 97.7 Å². The number of hydrogen-bond donors (Lipinski definition) is 2. The number of benzene rings is 1. The number of fused-ring (bicyclic) bond motifs is 1. The van der Waals surface area contributed by atoms with Gasteiger partial charge in [-0.2, -0.15) is 0 Å². The van der Waals surface area contributed by atoms with Crippen LogP contribution in [0.2, 0.25) is 0 Å². The highest BCUT2D eigenvalue weighted by Gasteiger charge is 2.08. The monoisotopic (exact) mass is 225 g/mol. The normalized spacial score (nSPS) is 10.9. The van der Waals surface area contributed by atoms with E-state index in [-0.39, 0.29) is 0 Å². The maximum Gasteiger partial charge on any atom is 0.158 e. The molecule has 0 unspecified atom stereocenters. The minimum atomic E-state index is 0.657. The molecule has 2 aromatic heterocycles. The molecule has 0 amide bonds. The molecular formula is C12H11N5. The van der Waals surface area contributed by atoms with Gasteiger partial charge in [0, 0.05) is 6.20 Å². The van der Waals surface area contributed by atoms with Crippen LogP contribution in [0.25, 0.3) is 22.6 Å². The smallest absolute Gasteiger partial charge is 0.158 e. The lowest BCUT2D eigenvalue weighted by Crippen LogP contribution is -1.89. The van der Waals surface area contributed by atoms with Gasteiger partial charge in [0.2, 0.25) is 0 Å². The number of nitrogens with one attached hydrogen (secondary N) is 1. The molecule has 0 radical (unpaired) electrons. The maximum atomic E-state index is 5.85. The van der Waals surface area contributed by atoms with Crippen LogP contribution in [-0.2, 0) is 0 Å². The summed E-state index contributed by atoms with van der Waals surface area (Å²) in [6.45, 7) is 1.90. The first-order chi connectivity index (χ1) is 8.24. The van der Waals surface area contributed by atoms with Gasteiger partial charge in [0.05, 0.1) is 23.1 Å². The highest BCUT2D eigenvalue weighted by Crippen LogP contribution is 2.22. The number of rotatable bonds is 1. The molecular weight excluding hydrogens is 214 g/mol. The highest BCUT2D eigenvalue weighted by molar-refractivity contribution is 5.88. The molecule has 1 aromatic carbocycles. The van der Waals surface area contributed by atoms with Gasteiger partial charge in [-0.3, -0.25) is 4.98 Å². The van der Waals surface area contributed by atoms with E-state index in [4.69, 9.17) is 5.73 Å². The van der Waals surface area contributed by atoms with Crippen molar-refractivity contribution >= 4 is 16.7 Å². The van der Waals surface area contributed by atoms with Crippen LogP contribution >= 0.6 is 0 Å². The molecule has 3 aromatic rings. The summed E-state index contributed by atoms with van der Waals surface area (Å²) in [5.41, 5.74) is 9.78. The minimum Gasteiger partial charge on any atom is -0.397 e. The lowest BCUT2D eigenvalue weighted by Gasteiger charge is -1.94. The van der Waals surface area contributed by atoms with Crippen molar-refractivity contribution < 1.29 is 0 Å². The first-order valence-electron chi connectivity index (χ1n) is 5.27. The van der Waals surface area contributed by atoms with Crippen LogP contribution in [0.4, 0.5) is 5.69 Å². The number of H-pyrrole nitrogens is 1. The van der Waals surface area contributed by atoms with Crippen LogP contribution in [0.3, 0.4) is 0 Å². The molecule has 0 fully saturated rings.